The molecule has 1 aliphatic heterocycles. The van der Waals surface area contributed by atoms with Gasteiger partial charge in [0.25, 0.3) is 11.8 Å². The van der Waals surface area contributed by atoms with Gasteiger partial charge in [0.2, 0.25) is 0 Å². The predicted octanol–water partition coefficient (Wildman–Crippen LogP) is 0.0307. The van der Waals surface area contributed by atoms with E-state index < -0.39 is 0 Å². The minimum Gasteiger partial charge on any atom is -0.362 e. The Bertz CT molecular complexity index is 412. The van der Waals surface area contributed by atoms with Crippen molar-refractivity contribution in [1.29, 1.82) is 0 Å². The zero-order chi connectivity index (χ0) is 12.3. The maximum absolute atomic E-state index is 11.5. The Kier molecular flexibility index (Phi) is 3.51. The van der Waals surface area contributed by atoms with Crippen molar-refractivity contribution in [3.63, 3.8) is 0 Å². The normalized spacial score (nSPS) is 16.4. The Morgan fingerprint density at radius 2 is 1.59 bits per heavy atom. The van der Waals surface area contributed by atoms with Crippen molar-refractivity contribution in [3.8, 4) is 0 Å². The van der Waals surface area contributed by atoms with E-state index in [9.17, 15) is 9.59 Å². The molecule has 17 heavy (non-hydrogen) atoms. The maximum Gasteiger partial charge on any atom is 0.255 e. The molecule has 1 fully saturated rings. The van der Waals surface area contributed by atoms with Crippen LogP contribution in [-0.4, -0.2) is 29.9 Å². The molecule has 5 nitrogen and oxygen atoms in total. The highest BCUT2D eigenvalue weighted by molar-refractivity contribution is 5.98. The smallest absolute Gasteiger partial charge is 0.255 e. The third kappa shape index (κ3) is 2.69. The average molecular weight is 234 g/mol. The number of imide groups is 1. The van der Waals surface area contributed by atoms with Crippen molar-refractivity contribution >= 4 is 11.8 Å². The summed E-state index contributed by atoms with van der Waals surface area (Å²) in [6, 6.07) is 7.53. The molecule has 0 aliphatic carbocycles. The van der Waals surface area contributed by atoms with E-state index in [0.717, 1.165) is 11.1 Å². The van der Waals surface area contributed by atoms with Crippen molar-refractivity contribution in [1.82, 2.24) is 4.90 Å². The molecule has 1 heterocycles. The fourth-order valence-electron chi connectivity index (χ4n) is 1.66. The Morgan fingerprint density at radius 3 is 2.12 bits per heavy atom. The second kappa shape index (κ2) is 5.07. The number of morpholine rings is 1. The molecule has 1 aliphatic rings. The van der Waals surface area contributed by atoms with Crippen molar-refractivity contribution < 1.29 is 14.3 Å². The summed E-state index contributed by atoms with van der Waals surface area (Å²) in [7, 11) is 0. The summed E-state index contributed by atoms with van der Waals surface area (Å²) in [6.07, 6.45) is 0. The van der Waals surface area contributed by atoms with Crippen LogP contribution in [0.25, 0.3) is 0 Å². The molecular weight excluding hydrogens is 220 g/mol. The maximum atomic E-state index is 11.5. The van der Waals surface area contributed by atoms with E-state index in [1.165, 1.54) is 4.90 Å². The number of nitrogens with zero attached hydrogens (tertiary/aromatic N) is 1. The van der Waals surface area contributed by atoms with Crippen LogP contribution in [-0.2, 0) is 27.4 Å². The molecule has 0 radical (unpaired) electrons. The monoisotopic (exact) mass is 234 g/mol. The first-order chi connectivity index (χ1) is 8.20. The lowest BCUT2D eigenvalue weighted by atomic mass is 10.1. The van der Waals surface area contributed by atoms with Crippen LogP contribution < -0.4 is 5.73 Å². The summed E-state index contributed by atoms with van der Waals surface area (Å²) < 4.78 is 4.84. The molecule has 0 unspecified atom stereocenters. The molecule has 0 saturated carbocycles. The van der Waals surface area contributed by atoms with Gasteiger partial charge in [-0.3, -0.25) is 14.5 Å². The fraction of sp³-hybridized carbons (Fsp3) is 0.333. The number of hydrogen-bond donors (Lipinski definition) is 1. The third-order valence-electron chi connectivity index (χ3n) is 2.65. The molecule has 0 aromatic heterocycles. The minimum absolute atomic E-state index is 0.0212. The summed E-state index contributed by atoms with van der Waals surface area (Å²) in [5, 5.41) is 0. The lowest BCUT2D eigenvalue weighted by Gasteiger charge is -2.24. The number of hydrogen-bond acceptors (Lipinski definition) is 4. The second-order valence-electron chi connectivity index (χ2n) is 3.89. The van der Waals surface area contributed by atoms with E-state index in [2.05, 4.69) is 0 Å². The van der Waals surface area contributed by atoms with Crippen molar-refractivity contribution in [2.24, 2.45) is 5.73 Å². The Hall–Kier alpha value is -1.72. The molecular formula is C12H14N2O3. The summed E-state index contributed by atoms with van der Waals surface area (Å²) in [4.78, 5) is 24.2. The first kappa shape index (κ1) is 11.8. The Morgan fingerprint density at radius 1 is 1.06 bits per heavy atom. The number of rotatable bonds is 3. The SMILES string of the molecule is NCc1ccc(CN2C(=O)COCC2=O)cc1. The van der Waals surface area contributed by atoms with Gasteiger partial charge in [-0.2, -0.15) is 0 Å². The number of ether oxygens (including phenoxy) is 1. The zero-order valence-corrected chi connectivity index (χ0v) is 9.39. The minimum atomic E-state index is -0.288. The van der Waals surface area contributed by atoms with Gasteiger partial charge in [0, 0.05) is 6.54 Å². The molecule has 1 aromatic carbocycles. The quantitative estimate of drug-likeness (QED) is 0.749. The van der Waals surface area contributed by atoms with Crippen molar-refractivity contribution in [2.75, 3.05) is 13.2 Å². The van der Waals surface area contributed by atoms with Gasteiger partial charge in [-0.15, -0.1) is 0 Å². The molecule has 0 atom stereocenters. The highest BCUT2D eigenvalue weighted by Gasteiger charge is 2.26. The topological polar surface area (TPSA) is 72.6 Å². The summed E-state index contributed by atoms with van der Waals surface area (Å²) in [6.45, 7) is 0.737. The van der Waals surface area contributed by atoms with E-state index in [0.29, 0.717) is 13.1 Å². The van der Waals surface area contributed by atoms with Crippen LogP contribution in [0.2, 0.25) is 0 Å². The zero-order valence-electron chi connectivity index (χ0n) is 9.39. The molecule has 90 valence electrons. The third-order valence-corrected chi connectivity index (χ3v) is 2.65. The highest BCUT2D eigenvalue weighted by Crippen LogP contribution is 2.10. The number of carbonyl (C=O) groups excluding carboxylic acids is 2. The first-order valence-electron chi connectivity index (χ1n) is 5.39. The van der Waals surface area contributed by atoms with Gasteiger partial charge >= 0.3 is 0 Å². The van der Waals surface area contributed by atoms with Gasteiger partial charge in [0.1, 0.15) is 13.2 Å². The average Bonchev–Trinajstić information content (AvgIpc) is 2.35. The summed E-state index contributed by atoms with van der Waals surface area (Å²) >= 11 is 0. The van der Waals surface area contributed by atoms with Crippen molar-refractivity contribution in [2.45, 2.75) is 13.1 Å². The van der Waals surface area contributed by atoms with Gasteiger partial charge in [-0.1, -0.05) is 24.3 Å². The van der Waals surface area contributed by atoms with Crippen LogP contribution in [0.1, 0.15) is 11.1 Å². The van der Waals surface area contributed by atoms with Gasteiger partial charge in [0.05, 0.1) is 6.54 Å². The van der Waals surface area contributed by atoms with E-state index in [-0.39, 0.29) is 25.0 Å². The van der Waals surface area contributed by atoms with Crippen LogP contribution >= 0.6 is 0 Å². The number of nitrogens with two attached hydrogens (primary N) is 1. The number of amides is 2. The van der Waals surface area contributed by atoms with Crippen LogP contribution in [0.3, 0.4) is 0 Å². The van der Waals surface area contributed by atoms with Gasteiger partial charge in [-0.05, 0) is 11.1 Å². The van der Waals surface area contributed by atoms with Gasteiger partial charge < -0.3 is 10.5 Å². The number of benzene rings is 1. The van der Waals surface area contributed by atoms with E-state index in [1.807, 2.05) is 24.3 Å². The number of carbonyl (C=O) groups is 2. The molecule has 0 bridgehead atoms. The van der Waals surface area contributed by atoms with E-state index in [4.69, 9.17) is 10.5 Å². The Labute approximate surface area is 99.2 Å². The molecule has 2 amide bonds. The first-order valence-corrected chi connectivity index (χ1v) is 5.39. The molecule has 2 N–H and O–H groups in total. The molecule has 2 rings (SSSR count). The van der Waals surface area contributed by atoms with E-state index in [1.54, 1.807) is 0 Å². The predicted molar refractivity (Wildman–Crippen MR) is 60.7 cm³/mol. The van der Waals surface area contributed by atoms with Crippen LogP contribution in [0.15, 0.2) is 24.3 Å². The summed E-state index contributed by atoms with van der Waals surface area (Å²) in [5.41, 5.74) is 7.42. The van der Waals surface area contributed by atoms with Crippen LogP contribution in [0.5, 0.6) is 0 Å². The second-order valence-corrected chi connectivity index (χ2v) is 3.89. The molecule has 5 heteroatoms. The molecule has 1 aromatic rings. The molecule has 1 saturated heterocycles. The van der Waals surface area contributed by atoms with Crippen molar-refractivity contribution in [3.05, 3.63) is 35.4 Å². The largest absolute Gasteiger partial charge is 0.362 e. The van der Waals surface area contributed by atoms with Crippen LogP contribution in [0.4, 0.5) is 0 Å². The van der Waals surface area contributed by atoms with Gasteiger partial charge in [0.15, 0.2) is 0 Å². The summed E-state index contributed by atoms with van der Waals surface area (Å²) in [5.74, 6) is -0.576. The fourth-order valence-corrected chi connectivity index (χ4v) is 1.66. The van der Waals surface area contributed by atoms with Crippen LogP contribution in [0, 0.1) is 0 Å². The molecule has 0 spiro atoms. The van der Waals surface area contributed by atoms with Gasteiger partial charge in [-0.25, -0.2) is 0 Å². The lowest BCUT2D eigenvalue weighted by molar-refractivity contribution is -0.159. The lowest BCUT2D eigenvalue weighted by Crippen LogP contribution is -2.45. The van der Waals surface area contributed by atoms with E-state index >= 15 is 0 Å². The standard InChI is InChI=1S/C12H14N2O3/c13-5-9-1-3-10(4-2-9)6-14-11(15)7-17-8-12(14)16/h1-4H,5-8,13H2. The Balaban J connectivity index is 2.08. The highest BCUT2D eigenvalue weighted by atomic mass is 16.5.